The van der Waals surface area contributed by atoms with E-state index in [2.05, 4.69) is 15.9 Å². The van der Waals surface area contributed by atoms with E-state index in [9.17, 15) is 4.79 Å². The summed E-state index contributed by atoms with van der Waals surface area (Å²) in [5, 5.41) is 0. The second-order valence-electron chi connectivity index (χ2n) is 5.57. The number of hydrogen-bond donors (Lipinski definition) is 0. The standard InChI is InChI=1S/C19H22N2O/c1-20(2)17-12-8-11-16(19(17)21(3)4)13-14-18(22)15-9-6-5-7-10-15/h5-14H,1-4H3. The molecule has 114 valence electrons. The van der Waals surface area contributed by atoms with Crippen LogP contribution in [0.1, 0.15) is 15.9 Å². The zero-order valence-electron chi connectivity index (χ0n) is 13.6. The topological polar surface area (TPSA) is 23.6 Å². The predicted molar refractivity (Wildman–Crippen MR) is 94.9 cm³/mol. The van der Waals surface area contributed by atoms with Crippen molar-refractivity contribution in [2.24, 2.45) is 0 Å². The summed E-state index contributed by atoms with van der Waals surface area (Å²) in [6.07, 6.45) is 3.52. The van der Waals surface area contributed by atoms with Gasteiger partial charge in [0.2, 0.25) is 0 Å². The predicted octanol–water partition coefficient (Wildman–Crippen LogP) is 3.71. The molecule has 0 saturated carbocycles. The van der Waals surface area contributed by atoms with Crippen LogP contribution in [-0.4, -0.2) is 34.0 Å². The van der Waals surface area contributed by atoms with Gasteiger partial charge in [-0.3, -0.25) is 4.79 Å². The number of rotatable bonds is 5. The molecule has 0 fully saturated rings. The molecule has 3 heteroatoms. The van der Waals surface area contributed by atoms with Gasteiger partial charge in [0.15, 0.2) is 5.78 Å². The molecule has 0 aliphatic carbocycles. The number of carbonyl (C=O) groups excluding carboxylic acids is 1. The maximum Gasteiger partial charge on any atom is 0.185 e. The zero-order chi connectivity index (χ0) is 16.1. The molecule has 0 spiro atoms. The Morgan fingerprint density at radius 3 is 2.14 bits per heavy atom. The minimum atomic E-state index is 0.0144. The van der Waals surface area contributed by atoms with Crippen molar-refractivity contribution >= 4 is 23.2 Å². The highest BCUT2D eigenvalue weighted by atomic mass is 16.1. The lowest BCUT2D eigenvalue weighted by molar-refractivity contribution is 0.104. The minimum Gasteiger partial charge on any atom is -0.376 e. The fourth-order valence-corrected chi connectivity index (χ4v) is 2.40. The third-order valence-electron chi connectivity index (χ3n) is 3.45. The Bertz CT molecular complexity index is 673. The first-order valence-corrected chi connectivity index (χ1v) is 7.26. The van der Waals surface area contributed by atoms with Gasteiger partial charge in [-0.15, -0.1) is 0 Å². The average Bonchev–Trinajstić information content (AvgIpc) is 2.52. The molecule has 0 aliphatic heterocycles. The van der Waals surface area contributed by atoms with Crippen LogP contribution in [0.2, 0.25) is 0 Å². The van der Waals surface area contributed by atoms with Gasteiger partial charge in [-0.1, -0.05) is 42.5 Å². The molecule has 2 rings (SSSR count). The summed E-state index contributed by atoms with van der Waals surface area (Å²) in [6, 6.07) is 15.4. The van der Waals surface area contributed by atoms with Crippen LogP contribution in [0.15, 0.2) is 54.6 Å². The van der Waals surface area contributed by atoms with Crippen molar-refractivity contribution in [3.63, 3.8) is 0 Å². The van der Waals surface area contributed by atoms with Crippen LogP contribution in [-0.2, 0) is 0 Å². The highest BCUT2D eigenvalue weighted by molar-refractivity contribution is 6.07. The molecule has 3 nitrogen and oxygen atoms in total. The third kappa shape index (κ3) is 3.55. The van der Waals surface area contributed by atoms with Crippen molar-refractivity contribution in [2.45, 2.75) is 0 Å². The lowest BCUT2D eigenvalue weighted by Crippen LogP contribution is -2.17. The first-order valence-electron chi connectivity index (χ1n) is 7.26. The van der Waals surface area contributed by atoms with Crippen molar-refractivity contribution in [3.05, 3.63) is 65.7 Å². The number of anilines is 2. The average molecular weight is 294 g/mol. The molecule has 0 heterocycles. The number of carbonyl (C=O) groups is 1. The molecule has 0 aromatic heterocycles. The van der Waals surface area contributed by atoms with Crippen LogP contribution < -0.4 is 9.80 Å². The van der Waals surface area contributed by atoms with Crippen molar-refractivity contribution in [2.75, 3.05) is 38.0 Å². The van der Waals surface area contributed by atoms with Gasteiger partial charge in [-0.2, -0.15) is 0 Å². The molecule has 0 N–H and O–H groups in total. The van der Waals surface area contributed by atoms with Crippen molar-refractivity contribution in [1.29, 1.82) is 0 Å². The lowest BCUT2D eigenvalue weighted by Gasteiger charge is -2.24. The Morgan fingerprint density at radius 1 is 0.864 bits per heavy atom. The SMILES string of the molecule is CN(C)c1cccc(C=CC(=O)c2ccccc2)c1N(C)C. The number of ketones is 1. The highest BCUT2D eigenvalue weighted by Gasteiger charge is 2.10. The van der Waals surface area contributed by atoms with E-state index in [1.54, 1.807) is 6.08 Å². The minimum absolute atomic E-state index is 0.0144. The van der Waals surface area contributed by atoms with Crippen LogP contribution >= 0.6 is 0 Å². The van der Waals surface area contributed by atoms with Crippen LogP contribution in [0.4, 0.5) is 11.4 Å². The molecule has 0 radical (unpaired) electrons. The molecular weight excluding hydrogens is 272 g/mol. The molecule has 22 heavy (non-hydrogen) atoms. The van der Waals surface area contributed by atoms with E-state index in [-0.39, 0.29) is 5.78 Å². The molecule has 2 aromatic carbocycles. The highest BCUT2D eigenvalue weighted by Crippen LogP contribution is 2.31. The van der Waals surface area contributed by atoms with Gasteiger partial charge < -0.3 is 9.80 Å². The smallest absolute Gasteiger partial charge is 0.185 e. The van der Waals surface area contributed by atoms with Gasteiger partial charge in [0, 0.05) is 39.3 Å². The lowest BCUT2D eigenvalue weighted by atomic mass is 10.1. The molecule has 2 aromatic rings. The van der Waals surface area contributed by atoms with E-state index >= 15 is 0 Å². The van der Waals surface area contributed by atoms with Gasteiger partial charge in [0.25, 0.3) is 0 Å². The molecule has 0 unspecified atom stereocenters. The second kappa shape index (κ2) is 6.94. The maximum absolute atomic E-state index is 12.2. The van der Waals surface area contributed by atoms with Crippen molar-refractivity contribution in [3.8, 4) is 0 Å². The van der Waals surface area contributed by atoms with Gasteiger partial charge >= 0.3 is 0 Å². The molecule has 0 amide bonds. The number of allylic oxidation sites excluding steroid dienone is 1. The Morgan fingerprint density at radius 2 is 1.55 bits per heavy atom. The van der Waals surface area contributed by atoms with Crippen LogP contribution in [0.5, 0.6) is 0 Å². The van der Waals surface area contributed by atoms with Gasteiger partial charge in [-0.05, 0) is 18.2 Å². The monoisotopic (exact) mass is 294 g/mol. The number of hydrogen-bond acceptors (Lipinski definition) is 3. The van der Waals surface area contributed by atoms with Gasteiger partial charge in [-0.25, -0.2) is 0 Å². The quantitative estimate of drug-likeness (QED) is 0.620. The van der Waals surface area contributed by atoms with E-state index in [4.69, 9.17) is 0 Å². The molecule has 0 atom stereocenters. The Labute approximate surface area is 132 Å². The van der Waals surface area contributed by atoms with Crippen LogP contribution in [0.3, 0.4) is 0 Å². The first-order chi connectivity index (χ1) is 10.5. The summed E-state index contributed by atoms with van der Waals surface area (Å²) in [7, 11) is 8.06. The second-order valence-corrected chi connectivity index (χ2v) is 5.57. The van der Waals surface area contributed by atoms with Gasteiger partial charge in [0.1, 0.15) is 0 Å². The molecule has 0 saturated heterocycles. The molecule has 0 aliphatic rings. The fraction of sp³-hybridized carbons (Fsp3) is 0.211. The third-order valence-corrected chi connectivity index (χ3v) is 3.45. The Kier molecular flexibility index (Phi) is 4.99. The maximum atomic E-state index is 12.2. The summed E-state index contributed by atoms with van der Waals surface area (Å²) in [4.78, 5) is 16.4. The number of para-hydroxylation sites is 1. The Balaban J connectivity index is 2.35. The zero-order valence-corrected chi connectivity index (χ0v) is 13.6. The summed E-state index contributed by atoms with van der Waals surface area (Å²) in [5.74, 6) is 0.0144. The van der Waals surface area contributed by atoms with E-state index < -0.39 is 0 Å². The van der Waals surface area contributed by atoms with E-state index in [1.165, 1.54) is 0 Å². The van der Waals surface area contributed by atoms with E-state index in [0.717, 1.165) is 16.9 Å². The van der Waals surface area contributed by atoms with Crippen molar-refractivity contribution < 1.29 is 4.79 Å². The van der Waals surface area contributed by atoms with Crippen LogP contribution in [0.25, 0.3) is 6.08 Å². The number of nitrogens with zero attached hydrogens (tertiary/aromatic N) is 2. The largest absolute Gasteiger partial charge is 0.376 e. The fourth-order valence-electron chi connectivity index (χ4n) is 2.40. The molecular formula is C19H22N2O. The molecule has 0 bridgehead atoms. The van der Waals surface area contributed by atoms with E-state index in [0.29, 0.717) is 5.56 Å². The summed E-state index contributed by atoms with van der Waals surface area (Å²) >= 11 is 0. The number of benzene rings is 2. The normalized spacial score (nSPS) is 10.7. The summed E-state index contributed by atoms with van der Waals surface area (Å²) in [5.41, 5.74) is 3.96. The van der Waals surface area contributed by atoms with Gasteiger partial charge in [0.05, 0.1) is 11.4 Å². The Hall–Kier alpha value is -2.55. The van der Waals surface area contributed by atoms with E-state index in [1.807, 2.05) is 76.7 Å². The van der Waals surface area contributed by atoms with Crippen LogP contribution in [0, 0.1) is 0 Å². The summed E-state index contributed by atoms with van der Waals surface area (Å²) in [6.45, 7) is 0. The summed E-state index contributed by atoms with van der Waals surface area (Å²) < 4.78 is 0. The first kappa shape index (κ1) is 15.8. The van der Waals surface area contributed by atoms with Crippen molar-refractivity contribution in [1.82, 2.24) is 0 Å².